The van der Waals surface area contributed by atoms with Crippen LogP contribution in [0, 0.1) is 17.7 Å². The highest BCUT2D eigenvalue weighted by atomic mass is 35.5. The van der Waals surface area contributed by atoms with Gasteiger partial charge in [0.2, 0.25) is 0 Å². The Morgan fingerprint density at radius 1 is 1.52 bits per heavy atom. The molecule has 0 saturated heterocycles. The van der Waals surface area contributed by atoms with E-state index in [0.29, 0.717) is 12.0 Å². The summed E-state index contributed by atoms with van der Waals surface area (Å²) < 4.78 is 18.3. The first-order valence-corrected chi connectivity index (χ1v) is 6.84. The third-order valence-corrected chi connectivity index (χ3v) is 2.62. The van der Waals surface area contributed by atoms with Gasteiger partial charge in [0.1, 0.15) is 5.60 Å². The number of halogens is 2. The summed E-state index contributed by atoms with van der Waals surface area (Å²) in [5, 5.41) is 2.61. The van der Waals surface area contributed by atoms with Crippen LogP contribution in [0.25, 0.3) is 0 Å². The number of nitrogens with zero attached hydrogens (tertiary/aromatic N) is 1. The number of hydrogen-bond donors (Lipinski definition) is 1. The van der Waals surface area contributed by atoms with Crippen molar-refractivity contribution in [1.29, 1.82) is 0 Å². The molecule has 0 aliphatic rings. The van der Waals surface area contributed by atoms with Crippen molar-refractivity contribution in [2.75, 3.05) is 0 Å². The molecule has 0 bridgehead atoms. The van der Waals surface area contributed by atoms with E-state index in [1.54, 1.807) is 27.7 Å². The van der Waals surface area contributed by atoms with Gasteiger partial charge in [-0.25, -0.2) is 9.18 Å². The molecule has 21 heavy (non-hydrogen) atoms. The number of carbonyl (C=O) groups is 1. The molecule has 1 aromatic heterocycles. The minimum absolute atomic E-state index is 0.0507. The summed E-state index contributed by atoms with van der Waals surface area (Å²) in [6, 6.07) is -0.201. The van der Waals surface area contributed by atoms with E-state index in [1.807, 2.05) is 0 Å². The number of ether oxygens (including phenoxy) is 1. The van der Waals surface area contributed by atoms with Crippen molar-refractivity contribution < 1.29 is 13.9 Å². The zero-order valence-electron chi connectivity index (χ0n) is 12.5. The molecule has 6 heteroatoms. The lowest BCUT2D eigenvalue weighted by Gasteiger charge is -2.21. The van der Waals surface area contributed by atoms with Crippen molar-refractivity contribution >= 4 is 17.7 Å². The topological polar surface area (TPSA) is 51.2 Å². The lowest BCUT2D eigenvalue weighted by molar-refractivity contribution is 0.0509. The third-order valence-electron chi connectivity index (χ3n) is 2.23. The summed E-state index contributed by atoms with van der Waals surface area (Å²) >= 11 is 5.76. The maximum atomic E-state index is 13.2. The number of carbonyl (C=O) groups excluding carboxylic acids is 1. The van der Waals surface area contributed by atoms with E-state index in [2.05, 4.69) is 22.1 Å². The van der Waals surface area contributed by atoms with Gasteiger partial charge in [-0.3, -0.25) is 4.98 Å². The SMILES string of the molecule is C[C@@H](CC#Cc1cncc(F)c1Cl)NC(=O)OC(C)(C)C. The molecule has 1 amide bonds. The monoisotopic (exact) mass is 312 g/mol. The zero-order chi connectivity index (χ0) is 16.0. The van der Waals surface area contributed by atoms with Gasteiger partial charge in [0, 0.05) is 18.7 Å². The van der Waals surface area contributed by atoms with E-state index in [4.69, 9.17) is 16.3 Å². The molecule has 0 saturated carbocycles. The van der Waals surface area contributed by atoms with E-state index < -0.39 is 17.5 Å². The third kappa shape index (κ3) is 6.46. The van der Waals surface area contributed by atoms with E-state index >= 15 is 0 Å². The van der Waals surface area contributed by atoms with Crippen LogP contribution in [0.4, 0.5) is 9.18 Å². The summed E-state index contributed by atoms with van der Waals surface area (Å²) in [7, 11) is 0. The maximum absolute atomic E-state index is 13.2. The molecule has 0 radical (unpaired) electrons. The highest BCUT2D eigenvalue weighted by Gasteiger charge is 2.17. The van der Waals surface area contributed by atoms with Crippen LogP contribution < -0.4 is 5.32 Å². The minimum Gasteiger partial charge on any atom is -0.444 e. The molecule has 1 N–H and O–H groups in total. The summed E-state index contributed by atoms with van der Waals surface area (Å²) in [5.74, 6) is 4.95. The van der Waals surface area contributed by atoms with Crippen LogP contribution in [0.15, 0.2) is 12.4 Å². The Hall–Kier alpha value is -1.80. The second-order valence-corrected chi connectivity index (χ2v) is 5.91. The lowest BCUT2D eigenvalue weighted by Crippen LogP contribution is -2.37. The molecule has 0 aliphatic heterocycles. The van der Waals surface area contributed by atoms with Crippen LogP contribution in [0.3, 0.4) is 0 Å². The molecule has 1 atom stereocenters. The van der Waals surface area contributed by atoms with E-state index in [-0.39, 0.29) is 11.1 Å². The number of pyridine rings is 1. The summed E-state index contributed by atoms with van der Waals surface area (Å²) in [5.41, 5.74) is -0.225. The Labute approximate surface area is 129 Å². The van der Waals surface area contributed by atoms with Gasteiger partial charge in [0.25, 0.3) is 0 Å². The van der Waals surface area contributed by atoms with Crippen molar-refractivity contribution in [3.63, 3.8) is 0 Å². The van der Waals surface area contributed by atoms with E-state index in [1.165, 1.54) is 6.20 Å². The van der Waals surface area contributed by atoms with Crippen LogP contribution in [0.1, 0.15) is 39.7 Å². The lowest BCUT2D eigenvalue weighted by atomic mass is 10.2. The molecular weight excluding hydrogens is 295 g/mol. The molecule has 0 spiro atoms. The Balaban J connectivity index is 2.54. The first-order valence-electron chi connectivity index (χ1n) is 6.46. The summed E-state index contributed by atoms with van der Waals surface area (Å²) in [4.78, 5) is 15.2. The molecule has 0 aromatic carbocycles. The van der Waals surface area contributed by atoms with Gasteiger partial charge in [-0.2, -0.15) is 0 Å². The number of aromatic nitrogens is 1. The molecule has 1 heterocycles. The smallest absolute Gasteiger partial charge is 0.407 e. The zero-order valence-corrected chi connectivity index (χ0v) is 13.2. The van der Waals surface area contributed by atoms with E-state index in [9.17, 15) is 9.18 Å². The van der Waals surface area contributed by atoms with E-state index in [0.717, 1.165) is 6.20 Å². The van der Waals surface area contributed by atoms with Crippen LogP contribution in [-0.4, -0.2) is 22.7 Å². The van der Waals surface area contributed by atoms with Gasteiger partial charge in [-0.15, -0.1) is 0 Å². The van der Waals surface area contributed by atoms with Crippen molar-refractivity contribution in [2.24, 2.45) is 0 Å². The average molecular weight is 313 g/mol. The summed E-state index contributed by atoms with van der Waals surface area (Å²) in [6.45, 7) is 7.16. The average Bonchev–Trinajstić information content (AvgIpc) is 2.32. The Morgan fingerprint density at radius 2 is 2.19 bits per heavy atom. The second-order valence-electron chi connectivity index (χ2n) is 5.54. The molecule has 4 nitrogen and oxygen atoms in total. The Kier molecular flexibility index (Phi) is 5.98. The standard InChI is InChI=1S/C15H18ClFN2O2/c1-10(19-14(20)21-15(2,3)4)6-5-7-11-8-18-9-12(17)13(11)16/h8-10H,6H2,1-4H3,(H,19,20)/t10-/m0/s1. The number of nitrogens with one attached hydrogen (secondary N) is 1. The molecule has 1 rings (SSSR count). The van der Waals surface area contributed by atoms with Crippen molar-refractivity contribution in [3.05, 3.63) is 28.8 Å². The molecule has 1 aromatic rings. The highest BCUT2D eigenvalue weighted by Crippen LogP contribution is 2.16. The van der Waals surface area contributed by atoms with Crippen molar-refractivity contribution in [3.8, 4) is 11.8 Å². The number of amides is 1. The first-order chi connectivity index (χ1) is 9.69. The van der Waals surface area contributed by atoms with Crippen LogP contribution >= 0.6 is 11.6 Å². The van der Waals surface area contributed by atoms with Crippen LogP contribution in [-0.2, 0) is 4.74 Å². The fourth-order valence-corrected chi connectivity index (χ4v) is 1.51. The number of alkyl carbamates (subject to hydrolysis) is 1. The molecular formula is C15H18ClFN2O2. The molecule has 114 valence electrons. The molecule has 0 aliphatic carbocycles. The number of hydrogen-bond acceptors (Lipinski definition) is 3. The van der Waals surface area contributed by atoms with Crippen LogP contribution in [0.5, 0.6) is 0 Å². The van der Waals surface area contributed by atoms with Crippen LogP contribution in [0.2, 0.25) is 5.02 Å². The fourth-order valence-electron chi connectivity index (χ4n) is 1.37. The van der Waals surface area contributed by atoms with Gasteiger partial charge < -0.3 is 10.1 Å². The molecule has 0 fully saturated rings. The first kappa shape index (κ1) is 17.3. The predicted octanol–water partition coefficient (Wildman–Crippen LogP) is 3.53. The Bertz CT molecular complexity index is 573. The van der Waals surface area contributed by atoms with Crippen molar-refractivity contribution in [2.45, 2.75) is 45.8 Å². The van der Waals surface area contributed by atoms with Gasteiger partial charge in [-0.05, 0) is 27.7 Å². The fraction of sp³-hybridized carbons (Fsp3) is 0.467. The quantitative estimate of drug-likeness (QED) is 0.850. The van der Waals surface area contributed by atoms with Crippen molar-refractivity contribution in [1.82, 2.24) is 10.3 Å². The normalized spacial score (nSPS) is 12.1. The largest absolute Gasteiger partial charge is 0.444 e. The van der Waals surface area contributed by atoms with Gasteiger partial charge in [0.15, 0.2) is 5.82 Å². The Morgan fingerprint density at radius 3 is 2.81 bits per heavy atom. The predicted molar refractivity (Wildman–Crippen MR) is 79.5 cm³/mol. The second kappa shape index (κ2) is 7.28. The van der Waals surface area contributed by atoms with Gasteiger partial charge >= 0.3 is 6.09 Å². The molecule has 0 unspecified atom stereocenters. The number of rotatable bonds is 2. The van der Waals surface area contributed by atoms with Gasteiger partial charge in [-0.1, -0.05) is 23.4 Å². The minimum atomic E-state index is -0.608. The highest BCUT2D eigenvalue weighted by molar-refractivity contribution is 6.31. The van der Waals surface area contributed by atoms with Gasteiger partial charge in [0.05, 0.1) is 16.8 Å². The summed E-state index contributed by atoms with van der Waals surface area (Å²) in [6.07, 6.45) is 2.30. The maximum Gasteiger partial charge on any atom is 0.407 e.